The van der Waals surface area contributed by atoms with Gasteiger partial charge in [0.1, 0.15) is 54.6 Å². The molecule has 6 aliphatic rings. The number of piperazine rings is 4. The second-order valence-corrected chi connectivity index (χ2v) is 31.2. The van der Waals surface area contributed by atoms with Crippen molar-refractivity contribution in [2.45, 2.75) is 30.7 Å². The van der Waals surface area contributed by atoms with E-state index in [1.165, 1.54) is 0 Å². The van der Waals surface area contributed by atoms with Gasteiger partial charge in [-0.1, -0.05) is 36.1 Å². The molecule has 3 aromatic carbocycles. The van der Waals surface area contributed by atoms with E-state index >= 15 is 0 Å². The Morgan fingerprint density at radius 1 is 0.402 bits per heavy atom. The lowest BCUT2D eigenvalue weighted by molar-refractivity contribution is -0.129. The number of rotatable bonds is 14. The van der Waals surface area contributed by atoms with Gasteiger partial charge in [0.2, 0.25) is 35.6 Å². The van der Waals surface area contributed by atoms with Crippen LogP contribution >= 0.6 is 0 Å². The lowest BCUT2D eigenvalue weighted by Crippen LogP contribution is -2.60. The number of carbonyl (C=O) groups excluding carboxylic acids is 2. The number of nitrogen functional groups attached to an aromatic ring is 2. The van der Waals surface area contributed by atoms with E-state index in [9.17, 15) is 35.1 Å². The second kappa shape index (κ2) is 35.7. The first-order chi connectivity index (χ1) is 61.9. The number of β-amino-alcohol motifs (C(OH)–C–C–N with tert-alkyl or cyclic N) is 1. The highest BCUT2D eigenvalue weighted by atomic mass is 16.3. The van der Waals surface area contributed by atoms with Gasteiger partial charge in [-0.15, -0.1) is 0 Å². The predicted molar refractivity (Wildman–Crippen MR) is 477 cm³/mol. The number of amides is 2. The van der Waals surface area contributed by atoms with E-state index in [0.29, 0.717) is 157 Å². The van der Waals surface area contributed by atoms with Crippen LogP contribution < -0.4 is 56.0 Å². The molecule has 6 fully saturated rings. The number of nitrogens with zero attached hydrogens (tertiary/aromatic N) is 29. The van der Waals surface area contributed by atoms with E-state index in [-0.39, 0.29) is 49.6 Å². The van der Waals surface area contributed by atoms with Crippen LogP contribution in [0.15, 0.2) is 196 Å². The van der Waals surface area contributed by atoms with Crippen LogP contribution in [0.2, 0.25) is 0 Å². The number of anilines is 10. The Balaban J connectivity index is 0.000000115. The van der Waals surface area contributed by atoms with Crippen LogP contribution in [0.4, 0.5) is 58.4 Å². The summed E-state index contributed by atoms with van der Waals surface area (Å²) in [5, 5.41) is 61.5. The molecule has 0 atom stereocenters. The topological polar surface area (TPSA) is 475 Å². The number of phenolic OH excluding ortho intramolecular Hbond substituents is 2. The number of nitrogens with two attached hydrogens (primary N) is 2. The largest absolute Gasteiger partial charge is 0.508 e. The lowest BCUT2D eigenvalue weighted by Gasteiger charge is -2.46. The predicted octanol–water partition coefficient (Wildman–Crippen LogP) is 3.81. The number of hydrogen-bond acceptors (Lipinski definition) is 34. The monoisotopic (exact) mass is 1710 g/mol. The molecule has 6 aliphatic heterocycles. The minimum Gasteiger partial charge on any atom is -0.508 e. The minimum absolute atomic E-state index is 0.0247. The van der Waals surface area contributed by atoms with Crippen LogP contribution in [0.3, 0.4) is 0 Å². The fourth-order valence-corrected chi connectivity index (χ4v) is 16.0. The summed E-state index contributed by atoms with van der Waals surface area (Å²) in [4.78, 5) is 115. The van der Waals surface area contributed by atoms with E-state index in [0.717, 1.165) is 97.6 Å². The quantitative estimate of drug-likeness (QED) is 0.0699. The fraction of sp³-hybridized carbons (Fsp3) is 0.287. The number of pyridine rings is 4. The Labute approximate surface area is 726 Å². The smallest absolute Gasteiger partial charge is 0.241 e. The van der Waals surface area contributed by atoms with Gasteiger partial charge in [-0.25, -0.2) is 19.9 Å². The number of aromatic hydroxyl groups is 2. The van der Waals surface area contributed by atoms with Crippen LogP contribution in [0.25, 0.3) is 67.4 Å². The van der Waals surface area contributed by atoms with Crippen molar-refractivity contribution in [3.05, 3.63) is 207 Å². The van der Waals surface area contributed by atoms with Crippen LogP contribution in [0, 0.1) is 11.8 Å². The fourth-order valence-electron chi connectivity index (χ4n) is 16.0. The third-order valence-corrected chi connectivity index (χ3v) is 23.1. The number of carbonyl (C=O) groups is 2. The van der Waals surface area contributed by atoms with Gasteiger partial charge in [0.25, 0.3) is 0 Å². The summed E-state index contributed by atoms with van der Waals surface area (Å²) >= 11 is 0. The molecule has 646 valence electrons. The highest BCUT2D eigenvalue weighted by molar-refractivity contribution is 5.92. The molecule has 0 spiro atoms. The van der Waals surface area contributed by atoms with Crippen molar-refractivity contribution in [1.82, 2.24) is 108 Å². The van der Waals surface area contributed by atoms with Crippen molar-refractivity contribution in [3.8, 4) is 46.1 Å². The SMILES string of the molecule is CN1CCN(c2nc(N3CCN(c4ccc(O)cc4)CC3)nc3c2ncn3-c2ccncc2)CC1=O.Nc1nc(N2CC(O)(c3ccc(CO)cc3)C2)nc2c1ncn2-c1ccncc1.Nc1nc(N2CCC(O)(C#CCO)CC2)nc2c1ncn2-c1ccncc1.O=C1CN(c2nc(N3CCN(c4ccc(O)cc4)CC3)nc3c2ncn3-c2ccncc2)CCN1. The number of imidazole rings is 4. The average Bonchev–Trinajstić information content (AvgIpc) is 1.39. The number of phenols is 2. The molecule has 12 aromatic heterocycles. The summed E-state index contributed by atoms with van der Waals surface area (Å²) in [6.07, 6.45) is 21.4. The van der Waals surface area contributed by atoms with Gasteiger partial charge in [-0.05, 0) is 108 Å². The summed E-state index contributed by atoms with van der Waals surface area (Å²) in [5.41, 5.74) is 22.5. The van der Waals surface area contributed by atoms with Crippen molar-refractivity contribution in [2.75, 3.05) is 182 Å². The van der Waals surface area contributed by atoms with Gasteiger partial charge in [0.05, 0.1) is 55.5 Å². The molecule has 21 rings (SSSR count). The maximum Gasteiger partial charge on any atom is 0.241 e. The molecular weight excluding hydrogens is 1620 g/mol. The molecule has 2 amide bonds. The first kappa shape index (κ1) is 82.4. The number of nitrogens with one attached hydrogen (secondary N) is 1. The number of hydrogen-bond donors (Lipinski definition) is 9. The molecule has 0 bridgehead atoms. The number of aromatic nitrogens is 20. The highest BCUT2D eigenvalue weighted by Gasteiger charge is 2.45. The first-order valence-electron chi connectivity index (χ1n) is 41.4. The number of likely N-dealkylation sites (N-methyl/N-ethyl adjacent to an activating group) is 1. The summed E-state index contributed by atoms with van der Waals surface area (Å²) in [6, 6.07) is 36.9. The maximum atomic E-state index is 12.5. The molecule has 0 unspecified atom stereocenters. The minimum atomic E-state index is -1.09. The highest BCUT2D eigenvalue weighted by Crippen LogP contribution is 2.38. The van der Waals surface area contributed by atoms with Crippen molar-refractivity contribution in [3.63, 3.8) is 0 Å². The van der Waals surface area contributed by atoms with E-state index in [2.05, 4.69) is 96.6 Å². The molecule has 40 nitrogen and oxygen atoms in total. The van der Waals surface area contributed by atoms with Crippen molar-refractivity contribution in [2.24, 2.45) is 0 Å². The number of benzene rings is 3. The van der Waals surface area contributed by atoms with Crippen molar-refractivity contribution in [1.29, 1.82) is 0 Å². The Morgan fingerprint density at radius 2 is 0.772 bits per heavy atom. The number of fused-ring (bicyclic) bond motifs is 4. The van der Waals surface area contributed by atoms with Gasteiger partial charge in [0.15, 0.2) is 67.9 Å². The molecule has 15 aromatic rings. The van der Waals surface area contributed by atoms with Crippen LogP contribution in [0.1, 0.15) is 24.0 Å². The van der Waals surface area contributed by atoms with E-state index < -0.39 is 11.2 Å². The molecule has 6 saturated heterocycles. The van der Waals surface area contributed by atoms with Crippen molar-refractivity contribution >= 4 is 115 Å². The zero-order valence-electron chi connectivity index (χ0n) is 69.2. The second-order valence-electron chi connectivity index (χ2n) is 31.2. The Hall–Kier alpha value is -15.6. The van der Waals surface area contributed by atoms with Gasteiger partial charge in [-0.2, -0.15) is 39.9 Å². The summed E-state index contributed by atoms with van der Waals surface area (Å²) in [6.45, 7) is 10.7. The van der Waals surface area contributed by atoms with Crippen LogP contribution in [-0.4, -0.2) is 282 Å². The molecule has 0 saturated carbocycles. The van der Waals surface area contributed by atoms with Gasteiger partial charge >= 0.3 is 0 Å². The van der Waals surface area contributed by atoms with E-state index in [4.69, 9.17) is 36.5 Å². The van der Waals surface area contributed by atoms with Gasteiger partial charge < -0.3 is 91.5 Å². The molecule has 11 N–H and O–H groups in total. The zero-order valence-corrected chi connectivity index (χ0v) is 69.2. The van der Waals surface area contributed by atoms with Gasteiger partial charge in [-0.3, -0.25) is 47.8 Å². The van der Waals surface area contributed by atoms with Gasteiger partial charge in [0, 0.05) is 172 Å². The number of aliphatic hydroxyl groups excluding tert-OH is 2. The van der Waals surface area contributed by atoms with Crippen molar-refractivity contribution < 1.29 is 40.2 Å². The maximum absolute atomic E-state index is 12.5. The third kappa shape index (κ3) is 17.5. The average molecular weight is 1710 g/mol. The lowest BCUT2D eigenvalue weighted by atomic mass is 9.86. The molecule has 127 heavy (non-hydrogen) atoms. The number of piperidine rings is 1. The van der Waals surface area contributed by atoms with E-state index in [1.54, 1.807) is 104 Å². The van der Waals surface area contributed by atoms with Crippen LogP contribution in [-0.2, 0) is 21.8 Å². The van der Waals surface area contributed by atoms with E-state index in [1.807, 2.05) is 142 Å². The Bertz CT molecular complexity index is 6470. The molecule has 18 heterocycles. The standard InChI is InChI=1S/C25H27N9O2.C24H25N9O2.C20H19N7O2.C18H19N7O2/c1-30-10-11-33(16-21(30)36)23-22-24(34(17-27-22)19-6-8-26-9-7-19)29-25(28-23)32-14-12-31(13-15-32)18-2-4-20(35)5-3-18;34-19-3-1-17(2-4-19)30-11-13-31(14-12-30)24-28-22(32-10-9-26-20(35)15-32)21-23(29-24)33(16-27-21)18-5-7-25-8-6-18;21-17-16-18(27(12-23-16)15-5-7-22-8-6-15)25-19(24-17)26-10-20(29,11-26)14-3-1-13(9-28)2-4-14;19-15-14-16(25(12-21-14)13-2-7-20-8-3-13)23-17(22-15)24-9-5-18(27,6-10-24)4-1-11-26/h2-9,17,35H,10-16H2,1H3;1-8,16,34H,9-15H2,(H,26,35);1-8,12,28-29H,9-11H2,(H2,21,24,25);2-3,7-8,12,26-27H,5-6,9-11H2,(H2,19,22,23). The molecular formula is C87H90N32O8. The Kier molecular flexibility index (Phi) is 23.1. The molecule has 0 radical (unpaired) electrons. The summed E-state index contributed by atoms with van der Waals surface area (Å²) in [5.74, 6) is 9.98. The number of aliphatic hydroxyl groups is 4. The summed E-state index contributed by atoms with van der Waals surface area (Å²) in [7, 11) is 1.83. The zero-order chi connectivity index (χ0) is 87.3. The first-order valence-corrected chi connectivity index (χ1v) is 41.4. The normalized spacial score (nSPS) is 16.3. The third-order valence-electron chi connectivity index (χ3n) is 23.1. The summed E-state index contributed by atoms with van der Waals surface area (Å²) < 4.78 is 7.54. The Morgan fingerprint density at radius 3 is 1.17 bits per heavy atom. The molecule has 0 aliphatic carbocycles. The van der Waals surface area contributed by atoms with Crippen LogP contribution in [0.5, 0.6) is 11.5 Å². The molecule has 40 heteroatoms.